The summed E-state index contributed by atoms with van der Waals surface area (Å²) in [6.45, 7) is 3.32. The first-order chi connectivity index (χ1) is 13.9. The van der Waals surface area contributed by atoms with Crippen molar-refractivity contribution in [3.63, 3.8) is 0 Å². The lowest BCUT2D eigenvalue weighted by Crippen LogP contribution is -2.41. The molecule has 1 unspecified atom stereocenters. The molecule has 0 bridgehead atoms. The molecule has 1 aliphatic heterocycles. The Balaban J connectivity index is 1.55. The van der Waals surface area contributed by atoms with E-state index in [-0.39, 0.29) is 6.10 Å². The number of hydrogen-bond acceptors (Lipinski definition) is 4. The summed E-state index contributed by atoms with van der Waals surface area (Å²) < 4.78 is 28.2. The lowest BCUT2D eigenvalue weighted by molar-refractivity contribution is 0.0798. The Bertz CT molecular complexity index is 833. The van der Waals surface area contributed by atoms with Crippen LogP contribution in [-0.4, -0.2) is 50.6 Å². The predicted octanol–water partition coefficient (Wildman–Crippen LogP) is 3.14. The first-order valence-corrected chi connectivity index (χ1v) is 10.7. The third-order valence-electron chi connectivity index (χ3n) is 4.97. The molecule has 1 saturated heterocycles. The van der Waals surface area contributed by atoms with Gasteiger partial charge in [-0.3, -0.25) is 8.86 Å². The number of nitrogens with zero attached hydrogens (tertiary/aromatic N) is 2. The van der Waals surface area contributed by atoms with E-state index < -0.39 is 17.4 Å². The minimum Gasteiger partial charge on any atom is -0.410 e. The molecule has 1 heterocycles. The molecule has 156 valence electrons. The molecule has 0 saturated carbocycles. The van der Waals surface area contributed by atoms with Crippen molar-refractivity contribution >= 4 is 23.0 Å². The van der Waals surface area contributed by atoms with Crippen LogP contribution in [0.2, 0.25) is 0 Å². The zero-order chi connectivity index (χ0) is 20.8. The number of carbonyl (C=O) groups is 1. The van der Waals surface area contributed by atoms with Crippen molar-refractivity contribution in [3.8, 4) is 5.75 Å². The van der Waals surface area contributed by atoms with Gasteiger partial charge in [0.05, 0.1) is 11.8 Å². The molecule has 2 aromatic carbocycles. The number of aliphatic hydroxyl groups excluding tert-OH is 1. The molecule has 0 spiro atoms. The number of anilines is 1. The van der Waals surface area contributed by atoms with Crippen LogP contribution in [0.4, 0.5) is 10.5 Å². The second-order valence-electron chi connectivity index (χ2n) is 7.15. The van der Waals surface area contributed by atoms with Gasteiger partial charge < -0.3 is 14.7 Å². The highest BCUT2D eigenvalue weighted by atomic mass is 32.2. The van der Waals surface area contributed by atoms with Crippen LogP contribution >= 0.6 is 0 Å². The van der Waals surface area contributed by atoms with Crippen molar-refractivity contribution in [3.05, 3.63) is 59.7 Å². The van der Waals surface area contributed by atoms with E-state index >= 15 is 0 Å². The lowest BCUT2D eigenvalue weighted by Gasteiger charge is -2.28. The van der Waals surface area contributed by atoms with Crippen LogP contribution in [-0.2, 0) is 17.7 Å². The van der Waals surface area contributed by atoms with Crippen molar-refractivity contribution in [1.29, 1.82) is 0 Å². The number of ether oxygens (including phenoxy) is 1. The fraction of sp³-hybridized carbons (Fsp3) is 0.381. The zero-order valence-corrected chi connectivity index (χ0v) is 17.2. The molecular weight excluding hydrogens is 392 g/mol. The van der Waals surface area contributed by atoms with Crippen LogP contribution in [0.25, 0.3) is 0 Å². The summed E-state index contributed by atoms with van der Waals surface area (Å²) >= 11 is -2.11. The van der Waals surface area contributed by atoms with Gasteiger partial charge in [0.1, 0.15) is 5.75 Å². The number of rotatable bonds is 6. The van der Waals surface area contributed by atoms with Gasteiger partial charge in [-0.2, -0.15) is 0 Å². The molecule has 1 atom stereocenters. The molecule has 3 rings (SSSR count). The standard InChI is InChI=1S/C21H26N2O5S/c1-16-2-6-18(7-3-16)23(29(26)27)15-10-17-4-8-20(9-5-17)28-21(25)22-13-11-19(24)12-14-22/h2-9,19,24H,10-15H2,1H3,(H,26,27). The number of piperidine rings is 1. The van der Waals surface area contributed by atoms with Crippen LogP contribution in [0.1, 0.15) is 24.0 Å². The van der Waals surface area contributed by atoms with E-state index in [0.29, 0.717) is 50.3 Å². The van der Waals surface area contributed by atoms with Crippen LogP contribution in [0.15, 0.2) is 48.5 Å². The smallest absolute Gasteiger partial charge is 0.410 e. The quantitative estimate of drug-likeness (QED) is 0.704. The average Bonchev–Trinajstić information content (AvgIpc) is 2.71. The largest absolute Gasteiger partial charge is 0.415 e. The van der Waals surface area contributed by atoms with Gasteiger partial charge in [-0.1, -0.05) is 29.8 Å². The molecule has 0 aromatic heterocycles. The van der Waals surface area contributed by atoms with Crippen molar-refractivity contribution in [1.82, 2.24) is 4.90 Å². The van der Waals surface area contributed by atoms with Crippen molar-refractivity contribution in [2.75, 3.05) is 23.9 Å². The maximum absolute atomic E-state index is 12.2. The van der Waals surface area contributed by atoms with E-state index in [0.717, 1.165) is 11.1 Å². The first kappa shape index (κ1) is 21.3. The van der Waals surface area contributed by atoms with Crippen molar-refractivity contribution in [2.24, 2.45) is 0 Å². The number of carbonyl (C=O) groups excluding carboxylic acids is 1. The van der Waals surface area contributed by atoms with Crippen molar-refractivity contribution in [2.45, 2.75) is 32.3 Å². The summed E-state index contributed by atoms with van der Waals surface area (Å²) in [5.74, 6) is 0.450. The number of aliphatic hydroxyl groups is 1. The third kappa shape index (κ3) is 6.03. The Morgan fingerprint density at radius 3 is 2.34 bits per heavy atom. The van der Waals surface area contributed by atoms with Gasteiger partial charge in [0.15, 0.2) is 0 Å². The minimum absolute atomic E-state index is 0.342. The van der Waals surface area contributed by atoms with Gasteiger partial charge in [0.2, 0.25) is 0 Å². The highest BCUT2D eigenvalue weighted by molar-refractivity contribution is 7.80. The maximum Gasteiger partial charge on any atom is 0.415 e. The summed E-state index contributed by atoms with van der Waals surface area (Å²) in [6.07, 6.45) is 0.949. The minimum atomic E-state index is -2.11. The van der Waals surface area contributed by atoms with Crippen LogP contribution < -0.4 is 9.04 Å². The van der Waals surface area contributed by atoms with Crippen molar-refractivity contribution < 1.29 is 23.4 Å². The fourth-order valence-corrected chi connectivity index (χ4v) is 3.73. The lowest BCUT2D eigenvalue weighted by atomic mass is 10.1. The average molecular weight is 419 g/mol. The number of benzene rings is 2. The van der Waals surface area contributed by atoms with Gasteiger partial charge in [0.25, 0.3) is 11.3 Å². The van der Waals surface area contributed by atoms with Crippen LogP contribution in [0.5, 0.6) is 5.75 Å². The summed E-state index contributed by atoms with van der Waals surface area (Å²) in [5, 5.41) is 9.52. The third-order valence-corrected chi connectivity index (χ3v) is 5.74. The second kappa shape index (κ2) is 9.87. The SMILES string of the molecule is Cc1ccc(N(CCc2ccc(OC(=O)N3CCC(O)CC3)cc2)S(=O)O)cc1. The monoisotopic (exact) mass is 418 g/mol. The Hall–Kier alpha value is -2.42. The molecule has 1 fully saturated rings. The molecule has 8 heteroatoms. The van der Waals surface area contributed by atoms with E-state index in [4.69, 9.17) is 4.74 Å². The Labute approximate surface area is 173 Å². The summed E-state index contributed by atoms with van der Waals surface area (Å²) in [5.41, 5.74) is 2.74. The maximum atomic E-state index is 12.2. The van der Waals surface area contributed by atoms with E-state index in [9.17, 15) is 18.7 Å². The number of aryl methyl sites for hydroxylation is 1. The predicted molar refractivity (Wildman–Crippen MR) is 112 cm³/mol. The Kier molecular flexibility index (Phi) is 7.24. The Morgan fingerprint density at radius 2 is 1.76 bits per heavy atom. The molecule has 1 amide bonds. The molecule has 2 N–H and O–H groups in total. The van der Waals surface area contributed by atoms with Gasteiger partial charge in [0, 0.05) is 19.6 Å². The number of likely N-dealkylation sites (tertiary alicyclic amines) is 1. The van der Waals surface area contributed by atoms with E-state index in [2.05, 4.69) is 0 Å². The highest BCUT2D eigenvalue weighted by Gasteiger charge is 2.22. The number of hydrogen-bond donors (Lipinski definition) is 2. The van der Waals surface area contributed by atoms with Gasteiger partial charge in [-0.25, -0.2) is 9.00 Å². The molecular formula is C21H26N2O5S. The molecule has 7 nitrogen and oxygen atoms in total. The normalized spacial score (nSPS) is 15.8. The van der Waals surface area contributed by atoms with Crippen LogP contribution in [0, 0.1) is 6.92 Å². The number of amides is 1. The van der Waals surface area contributed by atoms with Gasteiger partial charge in [-0.05, 0) is 56.0 Å². The fourth-order valence-electron chi connectivity index (χ4n) is 3.18. The second-order valence-corrected chi connectivity index (χ2v) is 8.05. The Morgan fingerprint density at radius 1 is 1.14 bits per heavy atom. The molecule has 0 radical (unpaired) electrons. The first-order valence-electron chi connectivity index (χ1n) is 9.61. The highest BCUT2D eigenvalue weighted by Crippen LogP contribution is 2.19. The van der Waals surface area contributed by atoms with Gasteiger partial charge in [-0.15, -0.1) is 0 Å². The van der Waals surface area contributed by atoms with Crippen LogP contribution in [0.3, 0.4) is 0 Å². The summed E-state index contributed by atoms with van der Waals surface area (Å²) in [4.78, 5) is 13.8. The topological polar surface area (TPSA) is 90.3 Å². The molecule has 29 heavy (non-hydrogen) atoms. The zero-order valence-electron chi connectivity index (χ0n) is 16.4. The summed E-state index contributed by atoms with van der Waals surface area (Å²) in [7, 11) is 0. The van der Waals surface area contributed by atoms with E-state index in [1.165, 1.54) is 4.31 Å². The molecule has 2 aromatic rings. The van der Waals surface area contributed by atoms with E-state index in [1.54, 1.807) is 17.0 Å². The molecule has 0 aliphatic carbocycles. The van der Waals surface area contributed by atoms with Gasteiger partial charge >= 0.3 is 6.09 Å². The van der Waals surface area contributed by atoms with E-state index in [1.807, 2.05) is 43.3 Å². The summed E-state index contributed by atoms with van der Waals surface area (Å²) in [6, 6.07) is 14.6. The molecule has 1 aliphatic rings.